The van der Waals surface area contributed by atoms with Crippen LogP contribution < -0.4 is 10.8 Å². The summed E-state index contributed by atoms with van der Waals surface area (Å²) in [6, 6.07) is 6.44. The Kier molecular flexibility index (Phi) is 9.33. The SMILES string of the molecule is COB(OC)c1ccc(C[C@H](NC(=O)[C@H](O)CC(C)C)C(=O)OC)cc1. The number of nitrogens with one attached hydrogen (secondary N) is 1. The van der Waals surface area contributed by atoms with Gasteiger partial charge in [0.15, 0.2) is 0 Å². The molecule has 8 heteroatoms. The highest BCUT2D eigenvalue weighted by atomic mass is 16.6. The van der Waals surface area contributed by atoms with Gasteiger partial charge in [0.2, 0.25) is 5.91 Å². The lowest BCUT2D eigenvalue weighted by molar-refractivity contribution is -0.146. The van der Waals surface area contributed by atoms with Gasteiger partial charge in [-0.1, -0.05) is 38.1 Å². The van der Waals surface area contributed by atoms with E-state index in [0.717, 1.165) is 11.0 Å². The van der Waals surface area contributed by atoms with Crippen molar-refractivity contribution in [3.63, 3.8) is 0 Å². The molecule has 0 aliphatic rings. The van der Waals surface area contributed by atoms with Crippen LogP contribution in [-0.2, 0) is 30.1 Å². The fraction of sp³-hybridized carbons (Fsp3) is 0.556. The maximum Gasteiger partial charge on any atom is 0.493 e. The van der Waals surface area contributed by atoms with E-state index >= 15 is 0 Å². The Hall–Kier alpha value is -1.90. The standard InChI is InChI=1S/C18H28BNO6/c1-12(2)10-16(21)17(22)20-15(18(23)24-3)11-13-6-8-14(9-7-13)19(25-4)26-5/h6-9,12,15-16,21H,10-11H2,1-5H3,(H,20,22)/t15-,16+/m0/s1. The van der Waals surface area contributed by atoms with E-state index in [0.29, 0.717) is 6.42 Å². The Morgan fingerprint density at radius 1 is 1.12 bits per heavy atom. The van der Waals surface area contributed by atoms with Crippen molar-refractivity contribution < 1.29 is 28.7 Å². The number of carbonyl (C=O) groups excluding carboxylic acids is 2. The van der Waals surface area contributed by atoms with Gasteiger partial charge in [-0.3, -0.25) is 4.79 Å². The molecule has 0 aliphatic carbocycles. The predicted molar refractivity (Wildman–Crippen MR) is 99.0 cm³/mol. The molecule has 1 amide bonds. The van der Waals surface area contributed by atoms with E-state index in [-0.39, 0.29) is 12.3 Å². The summed E-state index contributed by atoms with van der Waals surface area (Å²) in [5.74, 6) is -0.982. The molecule has 0 saturated carbocycles. The molecule has 0 fully saturated rings. The quantitative estimate of drug-likeness (QED) is 0.457. The summed E-state index contributed by atoms with van der Waals surface area (Å²) in [7, 11) is 3.89. The first-order chi connectivity index (χ1) is 12.3. The van der Waals surface area contributed by atoms with Gasteiger partial charge in [-0.15, -0.1) is 0 Å². The minimum Gasteiger partial charge on any atom is -0.467 e. The number of aliphatic hydroxyl groups excluding tert-OH is 1. The van der Waals surface area contributed by atoms with Gasteiger partial charge in [-0.25, -0.2) is 4.79 Å². The lowest BCUT2D eigenvalue weighted by Gasteiger charge is -2.20. The van der Waals surface area contributed by atoms with Gasteiger partial charge in [0.05, 0.1) is 7.11 Å². The molecule has 7 nitrogen and oxygen atoms in total. The van der Waals surface area contributed by atoms with E-state index in [2.05, 4.69) is 5.32 Å². The van der Waals surface area contributed by atoms with E-state index in [9.17, 15) is 14.7 Å². The van der Waals surface area contributed by atoms with E-state index in [4.69, 9.17) is 14.0 Å². The summed E-state index contributed by atoms with van der Waals surface area (Å²) in [6.45, 7) is 3.81. The number of amides is 1. The minimum absolute atomic E-state index is 0.161. The van der Waals surface area contributed by atoms with E-state index in [1.54, 1.807) is 14.2 Å². The number of esters is 1. The van der Waals surface area contributed by atoms with Crippen molar-refractivity contribution in [2.45, 2.75) is 38.8 Å². The molecule has 1 aromatic carbocycles. The van der Waals surface area contributed by atoms with Gasteiger partial charge >= 0.3 is 13.1 Å². The molecule has 1 aromatic rings. The minimum atomic E-state index is -1.16. The zero-order valence-electron chi connectivity index (χ0n) is 16.0. The number of rotatable bonds is 10. The molecular weight excluding hydrogens is 337 g/mol. The summed E-state index contributed by atoms with van der Waals surface area (Å²) in [6.07, 6.45) is -0.588. The smallest absolute Gasteiger partial charge is 0.467 e. The average molecular weight is 365 g/mol. The summed E-state index contributed by atoms with van der Waals surface area (Å²) in [5.41, 5.74) is 1.67. The largest absolute Gasteiger partial charge is 0.493 e. The monoisotopic (exact) mass is 365 g/mol. The molecule has 0 bridgehead atoms. The highest BCUT2D eigenvalue weighted by Crippen LogP contribution is 2.08. The first kappa shape index (κ1) is 22.1. The van der Waals surface area contributed by atoms with Crippen LogP contribution in [-0.4, -0.2) is 57.6 Å². The number of hydrogen-bond acceptors (Lipinski definition) is 6. The number of hydrogen-bond donors (Lipinski definition) is 2. The third-order valence-corrected chi connectivity index (χ3v) is 3.92. The lowest BCUT2D eigenvalue weighted by Crippen LogP contribution is -2.47. The number of aliphatic hydroxyl groups is 1. The molecule has 26 heavy (non-hydrogen) atoms. The van der Waals surface area contributed by atoms with Crippen molar-refractivity contribution in [3.05, 3.63) is 29.8 Å². The van der Waals surface area contributed by atoms with E-state index < -0.39 is 31.1 Å². The molecule has 1 rings (SSSR count). The molecular formula is C18H28BNO6. The number of benzene rings is 1. The fourth-order valence-electron chi connectivity index (χ4n) is 2.57. The van der Waals surface area contributed by atoms with Gasteiger partial charge in [-0.2, -0.15) is 0 Å². The molecule has 0 aromatic heterocycles. The van der Waals surface area contributed by atoms with Crippen LogP contribution in [0.15, 0.2) is 24.3 Å². The Balaban J connectivity index is 2.81. The zero-order valence-corrected chi connectivity index (χ0v) is 16.0. The zero-order chi connectivity index (χ0) is 19.7. The number of ether oxygens (including phenoxy) is 1. The van der Waals surface area contributed by atoms with Crippen LogP contribution in [0.3, 0.4) is 0 Å². The van der Waals surface area contributed by atoms with Crippen LogP contribution in [0.5, 0.6) is 0 Å². The third-order valence-electron chi connectivity index (χ3n) is 3.92. The van der Waals surface area contributed by atoms with E-state index in [1.165, 1.54) is 7.11 Å². The van der Waals surface area contributed by atoms with Gasteiger partial charge in [-0.05, 0) is 23.4 Å². The van der Waals surface area contributed by atoms with Crippen LogP contribution >= 0.6 is 0 Å². The Bertz CT molecular complexity index is 574. The van der Waals surface area contributed by atoms with Gasteiger partial charge in [0.25, 0.3) is 0 Å². The first-order valence-electron chi connectivity index (χ1n) is 8.53. The Labute approximate surface area is 155 Å². The maximum atomic E-state index is 12.1. The summed E-state index contributed by atoms with van der Waals surface area (Å²) < 4.78 is 15.2. The first-order valence-corrected chi connectivity index (χ1v) is 8.53. The molecule has 0 unspecified atom stereocenters. The third kappa shape index (κ3) is 6.78. The maximum absolute atomic E-state index is 12.1. The molecule has 0 heterocycles. The average Bonchev–Trinajstić information content (AvgIpc) is 2.62. The van der Waals surface area contributed by atoms with Gasteiger partial charge < -0.3 is 24.5 Å². The van der Waals surface area contributed by atoms with Gasteiger partial charge in [0.1, 0.15) is 12.1 Å². The molecule has 0 saturated heterocycles. The molecule has 2 N–H and O–H groups in total. The Morgan fingerprint density at radius 3 is 2.15 bits per heavy atom. The van der Waals surface area contributed by atoms with Crippen LogP contribution in [0.1, 0.15) is 25.8 Å². The molecule has 0 radical (unpaired) electrons. The van der Waals surface area contributed by atoms with Crippen LogP contribution in [0, 0.1) is 5.92 Å². The van der Waals surface area contributed by atoms with Crippen molar-refractivity contribution in [2.75, 3.05) is 21.3 Å². The summed E-state index contributed by atoms with van der Waals surface area (Å²) in [5, 5.41) is 12.5. The highest BCUT2D eigenvalue weighted by molar-refractivity contribution is 6.61. The number of methoxy groups -OCH3 is 1. The second-order valence-corrected chi connectivity index (χ2v) is 6.48. The fourth-order valence-corrected chi connectivity index (χ4v) is 2.57. The molecule has 2 atom stereocenters. The summed E-state index contributed by atoms with van der Waals surface area (Å²) in [4.78, 5) is 24.1. The predicted octanol–water partition coefficient (Wildman–Crippen LogP) is 0.282. The highest BCUT2D eigenvalue weighted by Gasteiger charge is 2.26. The lowest BCUT2D eigenvalue weighted by atomic mass is 9.78. The van der Waals surface area contributed by atoms with Crippen LogP contribution in [0.2, 0.25) is 0 Å². The number of carbonyl (C=O) groups is 2. The molecule has 0 aliphatic heterocycles. The topological polar surface area (TPSA) is 94.1 Å². The van der Waals surface area contributed by atoms with Crippen molar-refractivity contribution in [1.82, 2.24) is 5.32 Å². The van der Waals surface area contributed by atoms with Crippen molar-refractivity contribution in [2.24, 2.45) is 5.92 Å². The van der Waals surface area contributed by atoms with Gasteiger partial charge in [0, 0.05) is 20.6 Å². The Morgan fingerprint density at radius 2 is 1.69 bits per heavy atom. The van der Waals surface area contributed by atoms with Crippen molar-refractivity contribution >= 4 is 24.5 Å². The van der Waals surface area contributed by atoms with E-state index in [1.807, 2.05) is 38.1 Å². The normalized spacial score (nSPS) is 13.2. The summed E-state index contributed by atoms with van der Waals surface area (Å²) >= 11 is 0. The molecule has 144 valence electrons. The van der Waals surface area contributed by atoms with Crippen molar-refractivity contribution in [1.29, 1.82) is 0 Å². The second kappa shape index (κ2) is 11.0. The van der Waals surface area contributed by atoms with Crippen LogP contribution in [0.25, 0.3) is 0 Å². The second-order valence-electron chi connectivity index (χ2n) is 6.48. The molecule has 0 spiro atoms. The van der Waals surface area contributed by atoms with Crippen LogP contribution in [0.4, 0.5) is 0 Å². The van der Waals surface area contributed by atoms with Crippen molar-refractivity contribution in [3.8, 4) is 0 Å².